The number of aliphatic hydroxyl groups excluding tert-OH is 1. The van der Waals surface area contributed by atoms with Crippen molar-refractivity contribution in [1.82, 2.24) is 29.7 Å². The largest absolute Gasteiger partial charge is 0.416 e. The molecule has 1 atom stereocenters. The number of piperazine rings is 1. The van der Waals surface area contributed by atoms with Crippen LogP contribution in [-0.4, -0.2) is 79.4 Å². The Balaban J connectivity index is 1.25. The number of nitrogens with zero attached hydrogens (tertiary/aromatic N) is 5. The van der Waals surface area contributed by atoms with Crippen LogP contribution in [0.1, 0.15) is 28.3 Å². The summed E-state index contributed by atoms with van der Waals surface area (Å²) in [6, 6.07) is 8.94. The number of β-amino-alcohol motifs (C(OH)–C–C–N with tert-alkyl or cyclic N) is 1. The second kappa shape index (κ2) is 12.0. The number of imidazole rings is 1. The molecule has 0 saturated carbocycles. The van der Waals surface area contributed by atoms with E-state index in [0.29, 0.717) is 65.8 Å². The monoisotopic (exact) mass is 596 g/mol. The van der Waals surface area contributed by atoms with Gasteiger partial charge in [-0.3, -0.25) is 9.80 Å². The number of thioether (sulfide) groups is 1. The van der Waals surface area contributed by atoms with Gasteiger partial charge in [0.1, 0.15) is 16.9 Å². The van der Waals surface area contributed by atoms with Crippen LogP contribution in [0.25, 0.3) is 11.2 Å². The van der Waals surface area contributed by atoms with E-state index in [1.807, 2.05) is 4.90 Å². The Hall–Kier alpha value is -3.20. The number of aliphatic hydroxyl groups is 1. The minimum absolute atomic E-state index is 0.394. The number of fused-ring (bicyclic) bond motifs is 1. The normalized spacial score (nSPS) is 16.5. The van der Waals surface area contributed by atoms with Gasteiger partial charge in [0.2, 0.25) is 0 Å². The quantitative estimate of drug-likeness (QED) is 0.163. The van der Waals surface area contributed by atoms with Gasteiger partial charge in [-0.2, -0.15) is 26.3 Å². The van der Waals surface area contributed by atoms with Gasteiger partial charge < -0.3 is 10.1 Å². The lowest BCUT2D eigenvalue weighted by Crippen LogP contribution is -2.50. The molecule has 3 heterocycles. The van der Waals surface area contributed by atoms with Gasteiger partial charge >= 0.3 is 12.4 Å². The van der Waals surface area contributed by atoms with Crippen molar-refractivity contribution in [3.05, 3.63) is 83.4 Å². The van der Waals surface area contributed by atoms with Crippen molar-refractivity contribution in [2.75, 3.05) is 38.5 Å². The summed E-state index contributed by atoms with van der Waals surface area (Å²) in [6.07, 6.45) is -6.70. The highest BCUT2D eigenvalue weighted by atomic mass is 32.2. The molecule has 0 spiro atoms. The first kappa shape index (κ1) is 29.3. The third kappa shape index (κ3) is 7.00. The van der Waals surface area contributed by atoms with Crippen LogP contribution in [-0.2, 0) is 12.4 Å². The fourth-order valence-electron chi connectivity index (χ4n) is 4.91. The van der Waals surface area contributed by atoms with Gasteiger partial charge in [-0.25, -0.2) is 15.0 Å². The van der Waals surface area contributed by atoms with E-state index in [9.17, 15) is 31.4 Å². The Morgan fingerprint density at radius 1 is 0.805 bits per heavy atom. The molecule has 41 heavy (non-hydrogen) atoms. The van der Waals surface area contributed by atoms with Crippen LogP contribution in [0.2, 0.25) is 0 Å². The van der Waals surface area contributed by atoms with Crippen molar-refractivity contribution >= 4 is 22.9 Å². The Labute approximate surface area is 235 Å². The number of halogens is 6. The molecule has 0 radical (unpaired) electrons. The van der Waals surface area contributed by atoms with Crippen molar-refractivity contribution in [3.63, 3.8) is 0 Å². The molecule has 0 amide bonds. The van der Waals surface area contributed by atoms with Gasteiger partial charge in [0.25, 0.3) is 0 Å². The highest BCUT2D eigenvalue weighted by Crippen LogP contribution is 2.36. The Morgan fingerprint density at radius 2 is 1.37 bits per heavy atom. The summed E-state index contributed by atoms with van der Waals surface area (Å²) in [7, 11) is 0. The molecule has 2 aromatic heterocycles. The molecule has 218 valence electrons. The van der Waals surface area contributed by atoms with Crippen LogP contribution in [0.4, 0.5) is 26.3 Å². The predicted octanol–water partition coefficient (Wildman–Crippen LogP) is 5.25. The van der Waals surface area contributed by atoms with Crippen LogP contribution >= 0.6 is 11.8 Å². The number of H-pyrrole nitrogens is 1. The first-order valence-corrected chi connectivity index (χ1v) is 13.7. The van der Waals surface area contributed by atoms with E-state index in [2.05, 4.69) is 24.8 Å². The van der Waals surface area contributed by atoms with E-state index in [-0.39, 0.29) is 0 Å². The number of nitrogens with one attached hydrogen (secondary N) is 1. The predicted molar refractivity (Wildman–Crippen MR) is 141 cm³/mol. The lowest BCUT2D eigenvalue weighted by Gasteiger charge is -2.40. The molecule has 1 aliphatic rings. The topological polar surface area (TPSA) is 81.2 Å². The molecule has 1 saturated heterocycles. The van der Waals surface area contributed by atoms with Crippen LogP contribution < -0.4 is 0 Å². The summed E-state index contributed by atoms with van der Waals surface area (Å²) in [5, 5.41) is 11.4. The second-order valence-electron chi connectivity index (χ2n) is 9.72. The molecule has 1 fully saturated rings. The first-order chi connectivity index (χ1) is 19.5. The van der Waals surface area contributed by atoms with Gasteiger partial charge in [-0.1, -0.05) is 24.3 Å². The third-order valence-electron chi connectivity index (χ3n) is 6.95. The average Bonchev–Trinajstić information content (AvgIpc) is 3.42. The summed E-state index contributed by atoms with van der Waals surface area (Å²) in [5.41, 5.74) is 0.772. The number of hydrogen-bond acceptors (Lipinski definition) is 7. The maximum Gasteiger partial charge on any atom is 0.416 e. The molecule has 14 heteroatoms. The standard InChI is InChI=1S/C27H26F6N6OS/c28-26(29,30)19-5-1-17(2-6-19)23(18-3-7-20(8-4-18)27(31,32)33)39-11-9-38(10-12-39)13-21(40)14-41-25-22-24(35-15-34-22)36-16-37-25/h1-8,15-16,21,23,40H,9-14H2,(H,34,35,36,37). The Kier molecular flexibility index (Phi) is 8.55. The average molecular weight is 597 g/mol. The molecule has 0 bridgehead atoms. The van der Waals surface area contributed by atoms with Crippen LogP contribution in [0.15, 0.2) is 66.2 Å². The van der Waals surface area contributed by atoms with E-state index in [4.69, 9.17) is 0 Å². The zero-order valence-corrected chi connectivity index (χ0v) is 22.3. The van der Waals surface area contributed by atoms with Gasteiger partial charge in [0, 0.05) is 38.5 Å². The van der Waals surface area contributed by atoms with Crippen molar-refractivity contribution in [2.24, 2.45) is 0 Å². The zero-order valence-electron chi connectivity index (χ0n) is 21.5. The van der Waals surface area contributed by atoms with Gasteiger partial charge in [0.05, 0.1) is 29.6 Å². The molecule has 1 unspecified atom stereocenters. The highest BCUT2D eigenvalue weighted by Gasteiger charge is 2.33. The second-order valence-corrected chi connectivity index (χ2v) is 10.7. The fourth-order valence-corrected chi connectivity index (χ4v) is 5.78. The Bertz CT molecular complexity index is 1380. The number of benzene rings is 2. The van der Waals surface area contributed by atoms with Crippen molar-refractivity contribution in [2.45, 2.75) is 29.5 Å². The van der Waals surface area contributed by atoms with Crippen LogP contribution in [0, 0.1) is 0 Å². The van der Waals surface area contributed by atoms with Crippen molar-refractivity contribution in [1.29, 1.82) is 0 Å². The van der Waals surface area contributed by atoms with E-state index in [0.717, 1.165) is 24.3 Å². The van der Waals surface area contributed by atoms with E-state index in [1.54, 1.807) is 0 Å². The SMILES string of the molecule is OC(CSc1ncnc2nc[nH]c12)CN1CCN(C(c2ccc(C(F)(F)F)cc2)c2ccc(C(F)(F)F)cc2)CC1. The smallest absolute Gasteiger partial charge is 0.391 e. The van der Waals surface area contributed by atoms with Crippen LogP contribution in [0.5, 0.6) is 0 Å². The van der Waals surface area contributed by atoms with E-state index < -0.39 is 35.6 Å². The molecule has 4 aromatic rings. The molecule has 7 nitrogen and oxygen atoms in total. The number of alkyl halides is 6. The van der Waals surface area contributed by atoms with E-state index >= 15 is 0 Å². The first-order valence-electron chi connectivity index (χ1n) is 12.7. The summed E-state index contributed by atoms with van der Waals surface area (Å²) >= 11 is 1.39. The maximum atomic E-state index is 13.2. The fraction of sp³-hybridized carbons (Fsp3) is 0.370. The third-order valence-corrected chi connectivity index (χ3v) is 8.08. The summed E-state index contributed by atoms with van der Waals surface area (Å²) in [5.74, 6) is 0.394. The summed E-state index contributed by atoms with van der Waals surface area (Å²) in [6.45, 7) is 2.55. The molecule has 1 aliphatic heterocycles. The molecular formula is C27H26F6N6OS. The molecule has 0 aliphatic carbocycles. The minimum atomic E-state index is -4.50. The summed E-state index contributed by atoms with van der Waals surface area (Å²) < 4.78 is 78.9. The van der Waals surface area contributed by atoms with Gasteiger partial charge in [-0.05, 0) is 35.4 Å². The van der Waals surface area contributed by atoms with Gasteiger partial charge in [0.15, 0.2) is 5.65 Å². The van der Waals surface area contributed by atoms with Crippen molar-refractivity contribution in [3.8, 4) is 0 Å². The van der Waals surface area contributed by atoms with Gasteiger partial charge in [-0.15, -0.1) is 11.8 Å². The number of hydrogen-bond donors (Lipinski definition) is 2. The molecule has 5 rings (SSSR count). The summed E-state index contributed by atoms with van der Waals surface area (Å²) in [4.78, 5) is 19.5. The number of rotatable bonds is 8. The highest BCUT2D eigenvalue weighted by molar-refractivity contribution is 7.99. The lowest BCUT2D eigenvalue weighted by molar-refractivity contribution is -0.138. The van der Waals surface area contributed by atoms with Crippen LogP contribution in [0.3, 0.4) is 0 Å². The maximum absolute atomic E-state index is 13.2. The number of aromatic nitrogens is 4. The molecule has 2 aromatic carbocycles. The Morgan fingerprint density at radius 3 is 1.90 bits per heavy atom. The lowest BCUT2D eigenvalue weighted by atomic mass is 9.94. The molecular weight excluding hydrogens is 570 g/mol. The number of aromatic amines is 1. The van der Waals surface area contributed by atoms with Crippen molar-refractivity contribution < 1.29 is 31.4 Å². The minimum Gasteiger partial charge on any atom is -0.391 e. The molecule has 2 N–H and O–H groups in total. The van der Waals surface area contributed by atoms with E-state index in [1.165, 1.54) is 48.7 Å². The zero-order chi connectivity index (χ0) is 29.2.